The van der Waals surface area contributed by atoms with Crippen LogP contribution in [0.2, 0.25) is 0 Å². The number of aromatic nitrogens is 1. The molecular weight excluding hydrogens is 234 g/mol. The largest absolute Gasteiger partial charge is 0.486 e. The molecule has 1 aromatic heterocycles. The quantitative estimate of drug-likeness (QED) is 0.906. The fraction of sp³-hybridized carbons (Fsp3) is 0.308. The Hall–Kier alpha value is -1.39. The van der Waals surface area contributed by atoms with Crippen LogP contribution in [0, 0.1) is 0 Å². The molecule has 0 bridgehead atoms. The molecule has 0 saturated carbocycles. The van der Waals surface area contributed by atoms with Gasteiger partial charge in [0.2, 0.25) is 0 Å². The van der Waals surface area contributed by atoms with Crippen molar-refractivity contribution in [3.05, 3.63) is 45.9 Å². The average Bonchev–Trinajstić information content (AvgIpc) is 2.97. The molecule has 3 nitrogen and oxygen atoms in total. The highest BCUT2D eigenvalue weighted by molar-refractivity contribution is 7.09. The molecular formula is C13H13NO2S. The SMILES string of the molecule is OC1CCc2cc(OCc3nccs3)ccc21. The molecule has 88 valence electrons. The van der Waals surface area contributed by atoms with Crippen molar-refractivity contribution in [3.8, 4) is 5.75 Å². The van der Waals surface area contributed by atoms with Crippen LogP contribution in [-0.2, 0) is 13.0 Å². The van der Waals surface area contributed by atoms with Gasteiger partial charge in [0.15, 0.2) is 0 Å². The zero-order valence-corrected chi connectivity index (χ0v) is 10.1. The number of benzene rings is 1. The Morgan fingerprint density at radius 2 is 2.41 bits per heavy atom. The number of ether oxygens (including phenoxy) is 1. The van der Waals surface area contributed by atoms with Gasteiger partial charge in [-0.05, 0) is 36.1 Å². The number of thiazole rings is 1. The summed E-state index contributed by atoms with van der Waals surface area (Å²) in [6, 6.07) is 5.91. The number of hydrogen-bond donors (Lipinski definition) is 1. The summed E-state index contributed by atoms with van der Waals surface area (Å²) in [6.45, 7) is 0.513. The van der Waals surface area contributed by atoms with Crippen molar-refractivity contribution in [2.24, 2.45) is 0 Å². The lowest BCUT2D eigenvalue weighted by Crippen LogP contribution is -1.96. The van der Waals surface area contributed by atoms with Gasteiger partial charge in [0.25, 0.3) is 0 Å². The zero-order valence-electron chi connectivity index (χ0n) is 9.30. The fourth-order valence-electron chi connectivity index (χ4n) is 2.13. The van der Waals surface area contributed by atoms with E-state index in [4.69, 9.17) is 4.74 Å². The van der Waals surface area contributed by atoms with Crippen molar-refractivity contribution in [1.29, 1.82) is 0 Å². The molecule has 1 aliphatic rings. The van der Waals surface area contributed by atoms with Crippen LogP contribution in [0.5, 0.6) is 5.75 Å². The van der Waals surface area contributed by atoms with Crippen LogP contribution in [-0.4, -0.2) is 10.1 Å². The molecule has 2 aromatic rings. The molecule has 17 heavy (non-hydrogen) atoms. The lowest BCUT2D eigenvalue weighted by molar-refractivity contribution is 0.180. The third kappa shape index (κ3) is 2.18. The highest BCUT2D eigenvalue weighted by atomic mass is 32.1. The van der Waals surface area contributed by atoms with Crippen molar-refractivity contribution in [2.45, 2.75) is 25.6 Å². The minimum atomic E-state index is -0.294. The van der Waals surface area contributed by atoms with Gasteiger partial charge in [0.1, 0.15) is 17.4 Å². The number of hydrogen-bond acceptors (Lipinski definition) is 4. The Balaban J connectivity index is 1.72. The molecule has 0 aliphatic heterocycles. The molecule has 0 spiro atoms. The van der Waals surface area contributed by atoms with Gasteiger partial charge in [0, 0.05) is 11.6 Å². The van der Waals surface area contributed by atoms with Crippen molar-refractivity contribution in [2.75, 3.05) is 0 Å². The number of aliphatic hydroxyl groups excluding tert-OH is 1. The van der Waals surface area contributed by atoms with Crippen LogP contribution < -0.4 is 4.74 Å². The van der Waals surface area contributed by atoms with Gasteiger partial charge in [-0.2, -0.15) is 0 Å². The van der Waals surface area contributed by atoms with E-state index in [0.29, 0.717) is 6.61 Å². The van der Waals surface area contributed by atoms with E-state index >= 15 is 0 Å². The summed E-state index contributed by atoms with van der Waals surface area (Å²) in [5.74, 6) is 0.855. The molecule has 0 radical (unpaired) electrons. The first-order valence-corrected chi connectivity index (χ1v) is 6.53. The Bertz CT molecular complexity index is 510. The molecule has 0 saturated heterocycles. The zero-order chi connectivity index (χ0) is 11.7. The monoisotopic (exact) mass is 247 g/mol. The lowest BCUT2D eigenvalue weighted by Gasteiger charge is -2.07. The van der Waals surface area contributed by atoms with Gasteiger partial charge in [-0.15, -0.1) is 11.3 Å². The highest BCUT2D eigenvalue weighted by Gasteiger charge is 2.20. The van der Waals surface area contributed by atoms with Crippen LogP contribution in [0.25, 0.3) is 0 Å². The predicted molar refractivity (Wildman–Crippen MR) is 66.2 cm³/mol. The van der Waals surface area contributed by atoms with Gasteiger partial charge < -0.3 is 9.84 Å². The second-order valence-electron chi connectivity index (χ2n) is 4.13. The number of fused-ring (bicyclic) bond motifs is 1. The second-order valence-corrected chi connectivity index (χ2v) is 5.11. The Labute approximate surface area is 104 Å². The minimum absolute atomic E-state index is 0.294. The van der Waals surface area contributed by atoms with Crippen LogP contribution in [0.1, 0.15) is 28.7 Å². The van der Waals surface area contributed by atoms with Crippen molar-refractivity contribution < 1.29 is 9.84 Å². The van der Waals surface area contributed by atoms with Crippen LogP contribution >= 0.6 is 11.3 Å². The first-order chi connectivity index (χ1) is 8.33. The fourth-order valence-corrected chi connectivity index (χ4v) is 2.66. The number of rotatable bonds is 3. The van der Waals surface area contributed by atoms with E-state index in [1.807, 2.05) is 23.6 Å². The standard InChI is InChI=1S/C13H13NO2S/c15-12-4-1-9-7-10(2-3-11(9)12)16-8-13-14-5-6-17-13/h2-3,5-7,12,15H,1,4,8H2. The number of aliphatic hydroxyl groups is 1. The molecule has 1 heterocycles. The van der Waals surface area contributed by atoms with Crippen LogP contribution in [0.4, 0.5) is 0 Å². The van der Waals surface area contributed by atoms with Gasteiger partial charge in [-0.3, -0.25) is 0 Å². The van der Waals surface area contributed by atoms with E-state index in [-0.39, 0.29) is 6.10 Å². The maximum Gasteiger partial charge on any atom is 0.140 e. The molecule has 0 amide bonds. The molecule has 0 fully saturated rings. The van der Waals surface area contributed by atoms with E-state index in [1.165, 1.54) is 5.56 Å². The molecule has 1 N–H and O–H groups in total. The summed E-state index contributed by atoms with van der Waals surface area (Å²) >= 11 is 1.59. The lowest BCUT2D eigenvalue weighted by atomic mass is 10.1. The van der Waals surface area contributed by atoms with Gasteiger partial charge in [0.05, 0.1) is 6.10 Å². The summed E-state index contributed by atoms with van der Waals surface area (Å²) in [6.07, 6.45) is 3.25. The van der Waals surface area contributed by atoms with Gasteiger partial charge in [-0.1, -0.05) is 6.07 Å². The van der Waals surface area contributed by atoms with Crippen LogP contribution in [0.3, 0.4) is 0 Å². The van der Waals surface area contributed by atoms with Crippen molar-refractivity contribution in [1.82, 2.24) is 4.98 Å². The van der Waals surface area contributed by atoms with E-state index < -0.39 is 0 Å². The molecule has 3 rings (SSSR count). The summed E-state index contributed by atoms with van der Waals surface area (Å²) in [5.41, 5.74) is 2.25. The molecule has 4 heteroatoms. The first-order valence-electron chi connectivity index (χ1n) is 5.65. The van der Waals surface area contributed by atoms with E-state index in [9.17, 15) is 5.11 Å². The summed E-state index contributed by atoms with van der Waals surface area (Å²) in [4.78, 5) is 4.17. The molecule has 1 aromatic carbocycles. The van der Waals surface area contributed by atoms with E-state index in [1.54, 1.807) is 17.5 Å². The first kappa shape index (κ1) is 10.7. The third-order valence-corrected chi connectivity index (χ3v) is 3.76. The predicted octanol–water partition coefficient (Wildman–Crippen LogP) is 2.70. The molecule has 1 aliphatic carbocycles. The Morgan fingerprint density at radius 3 is 3.24 bits per heavy atom. The normalized spacial score (nSPS) is 18.1. The highest BCUT2D eigenvalue weighted by Crippen LogP contribution is 2.33. The third-order valence-electron chi connectivity index (χ3n) is 3.01. The summed E-state index contributed by atoms with van der Waals surface area (Å²) in [5, 5.41) is 12.6. The maximum atomic E-state index is 9.70. The summed E-state index contributed by atoms with van der Waals surface area (Å²) in [7, 11) is 0. The smallest absolute Gasteiger partial charge is 0.140 e. The maximum absolute atomic E-state index is 9.70. The Morgan fingerprint density at radius 1 is 1.47 bits per heavy atom. The average molecular weight is 247 g/mol. The minimum Gasteiger partial charge on any atom is -0.486 e. The molecule has 1 unspecified atom stereocenters. The van der Waals surface area contributed by atoms with Crippen molar-refractivity contribution >= 4 is 11.3 Å². The number of aryl methyl sites for hydroxylation is 1. The van der Waals surface area contributed by atoms with Gasteiger partial charge >= 0.3 is 0 Å². The second kappa shape index (κ2) is 4.47. The van der Waals surface area contributed by atoms with Crippen LogP contribution in [0.15, 0.2) is 29.8 Å². The summed E-state index contributed by atoms with van der Waals surface area (Å²) < 4.78 is 5.68. The molecule has 1 atom stereocenters. The van der Waals surface area contributed by atoms with E-state index in [0.717, 1.165) is 29.2 Å². The van der Waals surface area contributed by atoms with Gasteiger partial charge in [-0.25, -0.2) is 4.98 Å². The Kier molecular flexibility index (Phi) is 2.82. The topological polar surface area (TPSA) is 42.4 Å². The number of nitrogens with zero attached hydrogens (tertiary/aromatic N) is 1. The van der Waals surface area contributed by atoms with E-state index in [2.05, 4.69) is 4.98 Å². The van der Waals surface area contributed by atoms with Crippen molar-refractivity contribution in [3.63, 3.8) is 0 Å².